The van der Waals surface area contributed by atoms with E-state index in [0.29, 0.717) is 22.4 Å². The van der Waals surface area contributed by atoms with Gasteiger partial charge < -0.3 is 11.1 Å². The van der Waals surface area contributed by atoms with E-state index in [1.54, 1.807) is 6.07 Å². The van der Waals surface area contributed by atoms with Crippen molar-refractivity contribution in [2.45, 2.75) is 44.7 Å². The fourth-order valence-corrected chi connectivity index (χ4v) is 3.26. The van der Waals surface area contributed by atoms with Gasteiger partial charge in [0.05, 0.1) is 16.1 Å². The molecule has 0 aliphatic heterocycles. The van der Waals surface area contributed by atoms with E-state index in [-0.39, 0.29) is 18.0 Å². The topological polar surface area (TPSA) is 55.1 Å². The van der Waals surface area contributed by atoms with Gasteiger partial charge in [-0.25, -0.2) is 0 Å². The Morgan fingerprint density at radius 2 is 2.20 bits per heavy atom. The van der Waals surface area contributed by atoms with E-state index in [1.165, 1.54) is 0 Å². The van der Waals surface area contributed by atoms with Crippen LogP contribution < -0.4 is 11.1 Å². The Bertz CT molecular complexity index is 493. The van der Waals surface area contributed by atoms with Crippen molar-refractivity contribution >= 4 is 29.1 Å². The fourth-order valence-electron chi connectivity index (χ4n) is 2.79. The molecule has 0 saturated heterocycles. The van der Waals surface area contributed by atoms with Gasteiger partial charge in [0.1, 0.15) is 0 Å². The van der Waals surface area contributed by atoms with Gasteiger partial charge in [0.2, 0.25) is 5.91 Å². The van der Waals surface area contributed by atoms with Crippen LogP contribution in [0.25, 0.3) is 0 Å². The molecule has 3 N–H and O–H groups in total. The monoisotopic (exact) mass is 314 g/mol. The predicted octanol–water partition coefficient (Wildman–Crippen LogP) is 3.69. The number of rotatable bonds is 4. The standard InChI is InChI=1S/C15H20Cl2N2O/c1-9(11-5-3-6-12(16)15(11)17)19-14(20)8-10-4-2-7-13(10)18/h3,5-6,9-10,13H,2,4,7-8,18H2,1H3,(H,19,20)/t9?,10-,13+/m0/s1. The van der Waals surface area contributed by atoms with E-state index in [9.17, 15) is 4.79 Å². The second-order valence-electron chi connectivity index (χ2n) is 5.49. The highest BCUT2D eigenvalue weighted by molar-refractivity contribution is 6.42. The summed E-state index contributed by atoms with van der Waals surface area (Å²) < 4.78 is 0. The quantitative estimate of drug-likeness (QED) is 0.890. The molecule has 110 valence electrons. The van der Waals surface area contributed by atoms with Gasteiger partial charge in [0.25, 0.3) is 0 Å². The normalized spacial score (nSPS) is 23.6. The molecule has 20 heavy (non-hydrogen) atoms. The van der Waals surface area contributed by atoms with Crippen molar-refractivity contribution in [3.05, 3.63) is 33.8 Å². The minimum absolute atomic E-state index is 0.0240. The number of amides is 1. The Morgan fingerprint density at radius 3 is 2.85 bits per heavy atom. The van der Waals surface area contributed by atoms with Crippen LogP contribution in [0.4, 0.5) is 0 Å². The number of halogens is 2. The lowest BCUT2D eigenvalue weighted by molar-refractivity contribution is -0.122. The third kappa shape index (κ3) is 3.66. The van der Waals surface area contributed by atoms with Crippen LogP contribution in [0, 0.1) is 5.92 Å². The first kappa shape index (κ1) is 15.6. The van der Waals surface area contributed by atoms with Gasteiger partial charge in [-0.1, -0.05) is 41.8 Å². The molecule has 0 heterocycles. The van der Waals surface area contributed by atoms with Crippen molar-refractivity contribution in [3.8, 4) is 0 Å². The van der Waals surface area contributed by atoms with E-state index in [2.05, 4.69) is 5.32 Å². The molecule has 1 aromatic rings. The van der Waals surface area contributed by atoms with E-state index < -0.39 is 0 Å². The maximum absolute atomic E-state index is 12.1. The first-order valence-corrected chi connectivity index (χ1v) is 7.73. The summed E-state index contributed by atoms with van der Waals surface area (Å²) in [6.07, 6.45) is 3.67. The lowest BCUT2D eigenvalue weighted by atomic mass is 9.99. The van der Waals surface area contributed by atoms with Crippen LogP contribution in [-0.2, 0) is 4.79 Å². The van der Waals surface area contributed by atoms with E-state index in [4.69, 9.17) is 28.9 Å². The van der Waals surface area contributed by atoms with Crippen LogP contribution in [0.15, 0.2) is 18.2 Å². The first-order valence-electron chi connectivity index (χ1n) is 6.98. The summed E-state index contributed by atoms with van der Waals surface area (Å²) in [4.78, 5) is 12.1. The zero-order valence-electron chi connectivity index (χ0n) is 11.5. The van der Waals surface area contributed by atoms with Crippen molar-refractivity contribution < 1.29 is 4.79 Å². The molecule has 0 aromatic heterocycles. The van der Waals surface area contributed by atoms with Crippen LogP contribution in [-0.4, -0.2) is 11.9 Å². The molecular formula is C15H20Cl2N2O. The molecule has 1 fully saturated rings. The average molecular weight is 315 g/mol. The van der Waals surface area contributed by atoms with Gasteiger partial charge >= 0.3 is 0 Å². The Labute approximate surface area is 129 Å². The van der Waals surface area contributed by atoms with Crippen molar-refractivity contribution in [1.29, 1.82) is 0 Å². The lowest BCUT2D eigenvalue weighted by Gasteiger charge is -2.19. The number of carbonyl (C=O) groups is 1. The number of nitrogens with one attached hydrogen (secondary N) is 1. The van der Waals surface area contributed by atoms with Gasteiger partial charge in [-0.05, 0) is 37.3 Å². The number of carbonyl (C=O) groups excluding carboxylic acids is 1. The number of benzene rings is 1. The van der Waals surface area contributed by atoms with E-state index >= 15 is 0 Å². The Balaban J connectivity index is 1.95. The third-order valence-corrected chi connectivity index (χ3v) is 4.82. The summed E-state index contributed by atoms with van der Waals surface area (Å²) >= 11 is 12.2. The molecule has 1 saturated carbocycles. The summed E-state index contributed by atoms with van der Waals surface area (Å²) in [5.74, 6) is 0.327. The van der Waals surface area contributed by atoms with Gasteiger partial charge in [-0.3, -0.25) is 4.79 Å². The molecule has 3 atom stereocenters. The van der Waals surface area contributed by atoms with Crippen LogP contribution >= 0.6 is 23.2 Å². The summed E-state index contributed by atoms with van der Waals surface area (Å²) in [6, 6.07) is 5.44. The zero-order valence-corrected chi connectivity index (χ0v) is 13.0. The molecule has 0 bridgehead atoms. The number of nitrogens with two attached hydrogens (primary N) is 1. The lowest BCUT2D eigenvalue weighted by Crippen LogP contribution is -2.33. The van der Waals surface area contributed by atoms with Crippen LogP contribution in [0.1, 0.15) is 44.2 Å². The maximum atomic E-state index is 12.1. The summed E-state index contributed by atoms with van der Waals surface area (Å²) in [7, 11) is 0. The Morgan fingerprint density at radius 1 is 1.45 bits per heavy atom. The smallest absolute Gasteiger partial charge is 0.220 e. The van der Waals surface area contributed by atoms with Gasteiger partial charge in [-0.2, -0.15) is 0 Å². The van der Waals surface area contributed by atoms with Crippen molar-refractivity contribution in [3.63, 3.8) is 0 Å². The summed E-state index contributed by atoms with van der Waals surface area (Å²) in [5, 5.41) is 3.98. The fraction of sp³-hybridized carbons (Fsp3) is 0.533. The second-order valence-corrected chi connectivity index (χ2v) is 6.28. The molecule has 5 heteroatoms. The maximum Gasteiger partial charge on any atom is 0.220 e. The van der Waals surface area contributed by atoms with Gasteiger partial charge in [-0.15, -0.1) is 0 Å². The molecular weight excluding hydrogens is 295 g/mol. The molecule has 1 aromatic carbocycles. The summed E-state index contributed by atoms with van der Waals surface area (Å²) in [6.45, 7) is 1.91. The first-order chi connectivity index (χ1) is 9.49. The third-order valence-electron chi connectivity index (χ3n) is 3.99. The van der Waals surface area contributed by atoms with Crippen molar-refractivity contribution in [2.24, 2.45) is 11.7 Å². The highest BCUT2D eigenvalue weighted by Crippen LogP contribution is 2.30. The van der Waals surface area contributed by atoms with Crippen molar-refractivity contribution in [1.82, 2.24) is 5.32 Å². The molecule has 1 amide bonds. The second kappa shape index (κ2) is 6.79. The van der Waals surface area contributed by atoms with Crippen molar-refractivity contribution in [2.75, 3.05) is 0 Å². The highest BCUT2D eigenvalue weighted by atomic mass is 35.5. The highest BCUT2D eigenvalue weighted by Gasteiger charge is 2.26. The minimum Gasteiger partial charge on any atom is -0.350 e. The summed E-state index contributed by atoms with van der Waals surface area (Å²) in [5.41, 5.74) is 6.83. The molecule has 1 aliphatic carbocycles. The largest absolute Gasteiger partial charge is 0.350 e. The molecule has 3 nitrogen and oxygen atoms in total. The van der Waals surface area contributed by atoms with Crippen LogP contribution in [0.3, 0.4) is 0 Å². The Kier molecular flexibility index (Phi) is 5.30. The SMILES string of the molecule is CC(NC(=O)C[C@@H]1CCC[C@H]1N)c1cccc(Cl)c1Cl. The number of hydrogen-bond donors (Lipinski definition) is 2. The Hall–Kier alpha value is -0.770. The minimum atomic E-state index is -0.161. The molecule has 2 rings (SSSR count). The molecule has 0 spiro atoms. The zero-order chi connectivity index (χ0) is 14.7. The van der Waals surface area contributed by atoms with E-state index in [1.807, 2.05) is 19.1 Å². The average Bonchev–Trinajstić information content (AvgIpc) is 2.78. The van der Waals surface area contributed by atoms with E-state index in [0.717, 1.165) is 24.8 Å². The number of hydrogen-bond acceptors (Lipinski definition) is 2. The molecule has 0 radical (unpaired) electrons. The molecule has 1 aliphatic rings. The predicted molar refractivity (Wildman–Crippen MR) is 83.0 cm³/mol. The van der Waals surface area contributed by atoms with Gasteiger partial charge in [0.15, 0.2) is 0 Å². The van der Waals surface area contributed by atoms with Gasteiger partial charge in [0, 0.05) is 12.5 Å². The molecule has 1 unspecified atom stereocenters. The van der Waals surface area contributed by atoms with Crippen LogP contribution in [0.5, 0.6) is 0 Å². The van der Waals surface area contributed by atoms with Crippen LogP contribution in [0.2, 0.25) is 10.0 Å².